The number of ether oxygens (including phenoxy) is 2. The number of rotatable bonds is 10. The van der Waals surface area contributed by atoms with Crippen molar-refractivity contribution in [1.82, 2.24) is 20.5 Å². The first-order chi connectivity index (χ1) is 13.7. The summed E-state index contributed by atoms with van der Waals surface area (Å²) in [7, 11) is 1.80. The second-order valence-corrected chi connectivity index (χ2v) is 7.44. The molecule has 1 atom stereocenters. The molecule has 0 saturated carbocycles. The fourth-order valence-corrected chi connectivity index (χ4v) is 3.30. The highest BCUT2D eigenvalue weighted by Gasteiger charge is 2.23. The predicted molar refractivity (Wildman–Crippen MR) is 114 cm³/mol. The van der Waals surface area contributed by atoms with E-state index >= 15 is 0 Å². The number of aromatic nitrogens is 1. The predicted octanol–water partition coefficient (Wildman–Crippen LogP) is 2.28. The molecule has 0 aliphatic carbocycles. The first-order valence-corrected chi connectivity index (χ1v) is 10.5. The molecule has 1 saturated heterocycles. The van der Waals surface area contributed by atoms with E-state index in [2.05, 4.69) is 46.3 Å². The van der Waals surface area contributed by atoms with E-state index in [0.29, 0.717) is 31.0 Å². The van der Waals surface area contributed by atoms with Crippen molar-refractivity contribution in [2.45, 2.75) is 46.2 Å². The molecule has 1 aromatic rings. The monoisotopic (exact) mass is 391 g/mol. The first-order valence-electron chi connectivity index (χ1n) is 10.5. The maximum atomic E-state index is 5.82. The number of nitrogens with one attached hydrogen (secondary N) is 2. The Morgan fingerprint density at radius 1 is 1.32 bits per heavy atom. The molecule has 0 aromatic carbocycles. The molecule has 2 rings (SSSR count). The average molecular weight is 392 g/mol. The van der Waals surface area contributed by atoms with Gasteiger partial charge in [-0.3, -0.25) is 9.89 Å². The van der Waals surface area contributed by atoms with Crippen molar-refractivity contribution in [2.75, 3.05) is 46.5 Å². The van der Waals surface area contributed by atoms with E-state index in [4.69, 9.17) is 9.47 Å². The lowest BCUT2D eigenvalue weighted by molar-refractivity contribution is 0.00752. The van der Waals surface area contributed by atoms with Gasteiger partial charge < -0.3 is 20.1 Å². The van der Waals surface area contributed by atoms with Crippen molar-refractivity contribution < 1.29 is 9.47 Å². The summed E-state index contributed by atoms with van der Waals surface area (Å²) in [5.74, 6) is 2.05. The highest BCUT2D eigenvalue weighted by atomic mass is 16.5. The Morgan fingerprint density at radius 2 is 2.11 bits per heavy atom. The Hall–Kier alpha value is -1.86. The van der Waals surface area contributed by atoms with Crippen LogP contribution in [0, 0.1) is 5.92 Å². The van der Waals surface area contributed by atoms with Gasteiger partial charge in [-0.1, -0.05) is 33.3 Å². The molecule has 0 spiro atoms. The zero-order valence-corrected chi connectivity index (χ0v) is 17.9. The van der Waals surface area contributed by atoms with Crippen LogP contribution in [0.4, 0.5) is 0 Å². The van der Waals surface area contributed by atoms with Crippen LogP contribution in [-0.2, 0) is 11.3 Å². The van der Waals surface area contributed by atoms with Crippen LogP contribution in [0.2, 0.25) is 0 Å². The summed E-state index contributed by atoms with van der Waals surface area (Å²) in [6, 6.07) is 4.43. The Morgan fingerprint density at radius 3 is 2.79 bits per heavy atom. The van der Waals surface area contributed by atoms with Gasteiger partial charge >= 0.3 is 0 Å². The Labute approximate surface area is 169 Å². The normalized spacial score (nSPS) is 16.8. The van der Waals surface area contributed by atoms with Gasteiger partial charge in [-0.25, -0.2) is 4.98 Å². The number of unbranched alkanes of at least 4 members (excludes halogenated alkanes) is 1. The zero-order chi connectivity index (χ0) is 20.2. The molecular formula is C21H37N5O2. The average Bonchev–Trinajstić information content (AvgIpc) is 2.72. The van der Waals surface area contributed by atoms with Crippen LogP contribution in [0.1, 0.15) is 39.2 Å². The fourth-order valence-electron chi connectivity index (χ4n) is 3.30. The van der Waals surface area contributed by atoms with Crippen LogP contribution >= 0.6 is 0 Å². The highest BCUT2D eigenvalue weighted by molar-refractivity contribution is 5.79. The zero-order valence-electron chi connectivity index (χ0n) is 17.9. The number of nitrogens with zero attached hydrogens (tertiary/aromatic N) is 3. The van der Waals surface area contributed by atoms with Gasteiger partial charge in [0.05, 0.1) is 19.8 Å². The minimum Gasteiger partial charge on any atom is -0.477 e. The smallest absolute Gasteiger partial charge is 0.218 e. The number of hydrogen-bond acceptors (Lipinski definition) is 5. The van der Waals surface area contributed by atoms with E-state index in [9.17, 15) is 0 Å². The number of aliphatic imine (C=N–C) groups is 1. The molecule has 1 unspecified atom stereocenters. The second-order valence-electron chi connectivity index (χ2n) is 7.44. The summed E-state index contributed by atoms with van der Waals surface area (Å²) in [5.41, 5.74) is 1.04. The third-order valence-electron chi connectivity index (χ3n) is 5.02. The highest BCUT2D eigenvalue weighted by Crippen LogP contribution is 2.15. The van der Waals surface area contributed by atoms with Gasteiger partial charge in [0.1, 0.15) is 0 Å². The van der Waals surface area contributed by atoms with E-state index in [-0.39, 0.29) is 0 Å². The molecule has 2 N–H and O–H groups in total. The molecule has 1 aliphatic rings. The minimum absolute atomic E-state index is 0.453. The quantitative estimate of drug-likeness (QED) is 0.362. The van der Waals surface area contributed by atoms with Crippen molar-refractivity contribution in [3.8, 4) is 5.88 Å². The van der Waals surface area contributed by atoms with Gasteiger partial charge in [0.15, 0.2) is 5.96 Å². The lowest BCUT2D eigenvalue weighted by Crippen LogP contribution is -2.52. The van der Waals surface area contributed by atoms with Crippen molar-refractivity contribution in [1.29, 1.82) is 0 Å². The van der Waals surface area contributed by atoms with E-state index in [1.807, 2.05) is 12.1 Å². The van der Waals surface area contributed by atoms with Gasteiger partial charge in [0.2, 0.25) is 5.88 Å². The van der Waals surface area contributed by atoms with Crippen LogP contribution in [0.3, 0.4) is 0 Å². The minimum atomic E-state index is 0.453. The lowest BCUT2D eigenvalue weighted by Gasteiger charge is -2.37. The van der Waals surface area contributed by atoms with Gasteiger partial charge in [-0.2, -0.15) is 0 Å². The summed E-state index contributed by atoms with van der Waals surface area (Å²) in [6.07, 6.45) is 3.91. The summed E-state index contributed by atoms with van der Waals surface area (Å²) in [6.45, 7) is 12.5. The largest absolute Gasteiger partial charge is 0.477 e. The third kappa shape index (κ3) is 7.28. The summed E-state index contributed by atoms with van der Waals surface area (Å²) >= 11 is 0. The van der Waals surface area contributed by atoms with Crippen LogP contribution in [-0.4, -0.2) is 68.4 Å². The van der Waals surface area contributed by atoms with Crippen molar-refractivity contribution >= 4 is 5.96 Å². The Bertz CT molecular complexity index is 588. The Kier molecular flexibility index (Phi) is 10.1. The summed E-state index contributed by atoms with van der Waals surface area (Å²) < 4.78 is 11.3. The number of morpholine rings is 1. The molecule has 1 aliphatic heterocycles. The number of guanidine groups is 1. The SMILES string of the molecule is CCCCOc1ncccc1CNC(=NC)NCC(C(C)C)N1CCOCC1. The summed E-state index contributed by atoms with van der Waals surface area (Å²) in [5, 5.41) is 6.87. The van der Waals surface area contributed by atoms with Crippen molar-refractivity contribution in [3.05, 3.63) is 23.9 Å². The van der Waals surface area contributed by atoms with Crippen LogP contribution in [0.5, 0.6) is 5.88 Å². The van der Waals surface area contributed by atoms with Crippen molar-refractivity contribution in [3.63, 3.8) is 0 Å². The fraction of sp³-hybridized carbons (Fsp3) is 0.714. The maximum absolute atomic E-state index is 5.82. The molecule has 28 heavy (non-hydrogen) atoms. The number of pyridine rings is 1. The van der Waals surface area contributed by atoms with Gasteiger partial charge in [-0.05, 0) is 18.4 Å². The molecule has 1 aromatic heterocycles. The van der Waals surface area contributed by atoms with E-state index in [1.165, 1.54) is 0 Å². The van der Waals surface area contributed by atoms with Gasteiger partial charge in [0, 0.05) is 51.0 Å². The van der Waals surface area contributed by atoms with E-state index in [0.717, 1.165) is 57.2 Å². The molecule has 7 heteroatoms. The molecule has 2 heterocycles. The topological polar surface area (TPSA) is 71.0 Å². The van der Waals surface area contributed by atoms with Gasteiger partial charge in [0.25, 0.3) is 0 Å². The molecule has 0 radical (unpaired) electrons. The van der Waals surface area contributed by atoms with Gasteiger partial charge in [-0.15, -0.1) is 0 Å². The molecular weight excluding hydrogens is 354 g/mol. The standard InChI is InChI=1S/C21H37N5O2/c1-5-6-12-28-20-18(8-7-9-23-20)15-24-21(22-4)25-16-19(17(2)3)26-10-13-27-14-11-26/h7-9,17,19H,5-6,10-16H2,1-4H3,(H2,22,24,25). The van der Waals surface area contributed by atoms with Crippen molar-refractivity contribution in [2.24, 2.45) is 10.9 Å². The molecule has 7 nitrogen and oxygen atoms in total. The molecule has 158 valence electrons. The first kappa shape index (κ1) is 22.4. The van der Waals surface area contributed by atoms with E-state index in [1.54, 1.807) is 13.2 Å². The summed E-state index contributed by atoms with van der Waals surface area (Å²) in [4.78, 5) is 11.3. The molecule has 0 amide bonds. The third-order valence-corrected chi connectivity index (χ3v) is 5.02. The maximum Gasteiger partial charge on any atom is 0.218 e. The van der Waals surface area contributed by atoms with Crippen LogP contribution < -0.4 is 15.4 Å². The van der Waals surface area contributed by atoms with Crippen LogP contribution in [0.15, 0.2) is 23.3 Å². The van der Waals surface area contributed by atoms with E-state index < -0.39 is 0 Å². The van der Waals surface area contributed by atoms with Crippen LogP contribution in [0.25, 0.3) is 0 Å². The Balaban J connectivity index is 1.87. The second kappa shape index (κ2) is 12.6. The molecule has 1 fully saturated rings. The lowest BCUT2D eigenvalue weighted by atomic mass is 10.0. The molecule has 0 bridgehead atoms. The number of hydrogen-bond donors (Lipinski definition) is 2.